The first-order chi connectivity index (χ1) is 13.6. The van der Waals surface area contributed by atoms with Gasteiger partial charge >= 0.3 is 0 Å². The molecule has 1 aliphatic heterocycles. The molecule has 28 heavy (non-hydrogen) atoms. The van der Waals surface area contributed by atoms with Crippen molar-refractivity contribution in [3.8, 4) is 11.5 Å². The molecule has 1 atom stereocenters. The molecule has 0 spiro atoms. The first kappa shape index (κ1) is 19.7. The van der Waals surface area contributed by atoms with Gasteiger partial charge in [-0.2, -0.15) is 0 Å². The summed E-state index contributed by atoms with van der Waals surface area (Å²) in [5.41, 5.74) is 2.72. The Labute approximate surface area is 165 Å². The van der Waals surface area contributed by atoms with E-state index in [1.54, 1.807) is 19.1 Å². The molecule has 6 nitrogen and oxygen atoms in total. The number of nitrogens with one attached hydrogen (secondary N) is 1. The van der Waals surface area contributed by atoms with Gasteiger partial charge in [-0.3, -0.25) is 9.59 Å². The van der Waals surface area contributed by atoms with Gasteiger partial charge < -0.3 is 19.7 Å². The largest absolute Gasteiger partial charge is 0.493 e. The summed E-state index contributed by atoms with van der Waals surface area (Å²) in [6, 6.07) is 12.6. The average Bonchev–Trinajstić information content (AvgIpc) is 2.72. The molecule has 0 radical (unpaired) electrons. The topological polar surface area (TPSA) is 67.9 Å². The number of hydrogen-bond acceptors (Lipinski definition) is 4. The Morgan fingerprint density at radius 3 is 2.61 bits per heavy atom. The van der Waals surface area contributed by atoms with Gasteiger partial charge in [0.1, 0.15) is 6.04 Å². The predicted molar refractivity (Wildman–Crippen MR) is 106 cm³/mol. The third-order valence-electron chi connectivity index (χ3n) is 4.95. The Kier molecular flexibility index (Phi) is 6.19. The zero-order valence-electron chi connectivity index (χ0n) is 16.5. The van der Waals surface area contributed by atoms with Gasteiger partial charge in [0.25, 0.3) is 0 Å². The molecule has 0 aliphatic carbocycles. The molecule has 1 N–H and O–H groups in total. The Bertz CT molecular complexity index is 865. The molecule has 0 saturated heterocycles. The average molecular weight is 382 g/mol. The van der Waals surface area contributed by atoms with Crippen LogP contribution in [0.5, 0.6) is 11.5 Å². The minimum Gasteiger partial charge on any atom is -0.493 e. The highest BCUT2D eigenvalue weighted by Gasteiger charge is 2.36. The zero-order valence-corrected chi connectivity index (χ0v) is 16.5. The molecule has 1 heterocycles. The normalized spacial score (nSPS) is 15.8. The van der Waals surface area contributed by atoms with Crippen molar-refractivity contribution in [2.75, 3.05) is 20.8 Å². The van der Waals surface area contributed by atoms with E-state index in [1.807, 2.05) is 49.4 Å². The van der Waals surface area contributed by atoms with Gasteiger partial charge in [0.15, 0.2) is 11.5 Å². The summed E-state index contributed by atoms with van der Waals surface area (Å²) in [4.78, 5) is 27.4. The Balaban J connectivity index is 1.81. The molecule has 0 saturated carbocycles. The summed E-state index contributed by atoms with van der Waals surface area (Å²) in [7, 11) is 3.16. The molecule has 148 valence electrons. The number of amides is 2. The van der Waals surface area contributed by atoms with E-state index in [4.69, 9.17) is 9.47 Å². The second-order valence-corrected chi connectivity index (χ2v) is 6.77. The number of benzene rings is 2. The molecular formula is C22H26N2O4. The second-order valence-electron chi connectivity index (χ2n) is 6.77. The smallest absolute Gasteiger partial charge is 0.247 e. The molecule has 0 bridgehead atoms. The van der Waals surface area contributed by atoms with Gasteiger partial charge in [-0.15, -0.1) is 0 Å². The van der Waals surface area contributed by atoms with Crippen molar-refractivity contribution >= 4 is 11.8 Å². The van der Waals surface area contributed by atoms with Crippen molar-refractivity contribution in [2.45, 2.75) is 32.4 Å². The first-order valence-electron chi connectivity index (χ1n) is 9.45. The molecule has 2 amide bonds. The molecule has 2 aromatic carbocycles. The number of fused-ring (bicyclic) bond motifs is 1. The van der Waals surface area contributed by atoms with Crippen molar-refractivity contribution in [2.24, 2.45) is 0 Å². The van der Waals surface area contributed by atoms with Crippen molar-refractivity contribution in [3.05, 3.63) is 59.2 Å². The number of ether oxygens (including phenoxy) is 2. The van der Waals surface area contributed by atoms with E-state index >= 15 is 0 Å². The van der Waals surface area contributed by atoms with Crippen LogP contribution in [-0.4, -0.2) is 37.5 Å². The molecule has 2 aromatic rings. The Morgan fingerprint density at radius 1 is 1.14 bits per heavy atom. The van der Waals surface area contributed by atoms with Crippen molar-refractivity contribution in [1.29, 1.82) is 0 Å². The van der Waals surface area contributed by atoms with Crippen LogP contribution in [0.3, 0.4) is 0 Å². The van der Waals surface area contributed by atoms with E-state index in [2.05, 4.69) is 5.32 Å². The van der Waals surface area contributed by atoms with Gasteiger partial charge in [0.05, 0.1) is 20.6 Å². The second kappa shape index (κ2) is 8.78. The van der Waals surface area contributed by atoms with Crippen LogP contribution in [0.1, 0.15) is 36.1 Å². The minimum atomic E-state index is -0.599. The SMILES string of the molecule is CCCN1C(=O)Cc2ccccc2[C@H]1C(=O)NCc1ccc(OC)c(OC)c1. The fourth-order valence-electron chi connectivity index (χ4n) is 3.59. The summed E-state index contributed by atoms with van der Waals surface area (Å²) in [5.74, 6) is 1.06. The van der Waals surface area contributed by atoms with Crippen LogP contribution in [0.2, 0.25) is 0 Å². The third kappa shape index (κ3) is 3.96. The van der Waals surface area contributed by atoms with Crippen LogP contribution in [-0.2, 0) is 22.6 Å². The summed E-state index contributed by atoms with van der Waals surface area (Å²) < 4.78 is 10.6. The molecule has 1 aliphatic rings. The maximum absolute atomic E-state index is 13.1. The lowest BCUT2D eigenvalue weighted by atomic mass is 9.91. The molecule has 0 fully saturated rings. The highest BCUT2D eigenvalue weighted by atomic mass is 16.5. The van der Waals surface area contributed by atoms with Gasteiger partial charge in [0.2, 0.25) is 11.8 Å². The monoisotopic (exact) mass is 382 g/mol. The minimum absolute atomic E-state index is 0.00758. The highest BCUT2D eigenvalue weighted by Crippen LogP contribution is 2.31. The number of nitrogens with zero attached hydrogens (tertiary/aromatic N) is 1. The lowest BCUT2D eigenvalue weighted by molar-refractivity contribution is -0.141. The summed E-state index contributed by atoms with van der Waals surface area (Å²) in [5, 5.41) is 2.98. The number of carbonyl (C=O) groups excluding carboxylic acids is 2. The molecular weight excluding hydrogens is 356 g/mol. The van der Waals surface area contributed by atoms with Crippen LogP contribution < -0.4 is 14.8 Å². The van der Waals surface area contributed by atoms with Crippen molar-refractivity contribution in [1.82, 2.24) is 10.2 Å². The van der Waals surface area contributed by atoms with Gasteiger partial charge in [-0.1, -0.05) is 37.3 Å². The predicted octanol–water partition coefficient (Wildman–Crippen LogP) is 2.86. The maximum Gasteiger partial charge on any atom is 0.247 e. The maximum atomic E-state index is 13.1. The summed E-state index contributed by atoms with van der Waals surface area (Å²) in [6.45, 7) is 2.90. The lowest BCUT2D eigenvalue weighted by Crippen LogP contribution is -2.47. The Morgan fingerprint density at radius 2 is 1.89 bits per heavy atom. The number of hydrogen-bond donors (Lipinski definition) is 1. The first-order valence-corrected chi connectivity index (χ1v) is 9.45. The third-order valence-corrected chi connectivity index (χ3v) is 4.95. The van der Waals surface area contributed by atoms with Crippen LogP contribution in [0.25, 0.3) is 0 Å². The van der Waals surface area contributed by atoms with Gasteiger partial charge in [-0.05, 0) is 35.2 Å². The fourth-order valence-corrected chi connectivity index (χ4v) is 3.59. The summed E-state index contributed by atoms with van der Waals surface area (Å²) in [6.07, 6.45) is 1.14. The van der Waals surface area contributed by atoms with E-state index < -0.39 is 6.04 Å². The quantitative estimate of drug-likeness (QED) is 0.800. The number of rotatable bonds is 7. The molecule has 6 heteroatoms. The van der Waals surface area contributed by atoms with E-state index in [0.717, 1.165) is 23.1 Å². The van der Waals surface area contributed by atoms with E-state index in [0.29, 0.717) is 31.0 Å². The number of carbonyl (C=O) groups is 2. The standard InChI is InChI=1S/C22H26N2O4/c1-4-11-24-20(25)13-16-7-5-6-8-17(16)21(24)22(26)23-14-15-9-10-18(27-2)19(12-15)28-3/h5-10,12,21H,4,11,13-14H2,1-3H3,(H,23,26)/t21-/m0/s1. The zero-order chi connectivity index (χ0) is 20.1. The molecule has 0 aromatic heterocycles. The fraction of sp³-hybridized carbons (Fsp3) is 0.364. The lowest BCUT2D eigenvalue weighted by Gasteiger charge is -2.36. The summed E-state index contributed by atoms with van der Waals surface area (Å²) >= 11 is 0. The van der Waals surface area contributed by atoms with Crippen LogP contribution in [0.15, 0.2) is 42.5 Å². The van der Waals surface area contributed by atoms with Crippen LogP contribution >= 0.6 is 0 Å². The Hall–Kier alpha value is -3.02. The van der Waals surface area contributed by atoms with Crippen LogP contribution in [0, 0.1) is 0 Å². The van der Waals surface area contributed by atoms with E-state index in [9.17, 15) is 9.59 Å². The van der Waals surface area contributed by atoms with E-state index in [-0.39, 0.29) is 11.8 Å². The highest BCUT2D eigenvalue weighted by molar-refractivity contribution is 5.92. The van der Waals surface area contributed by atoms with Gasteiger partial charge in [-0.25, -0.2) is 0 Å². The van der Waals surface area contributed by atoms with Gasteiger partial charge in [0, 0.05) is 13.1 Å². The molecule has 3 rings (SSSR count). The molecule has 0 unspecified atom stereocenters. The van der Waals surface area contributed by atoms with Crippen LogP contribution in [0.4, 0.5) is 0 Å². The van der Waals surface area contributed by atoms with Crippen molar-refractivity contribution in [3.63, 3.8) is 0 Å². The number of methoxy groups -OCH3 is 2. The van der Waals surface area contributed by atoms with E-state index in [1.165, 1.54) is 0 Å². The van der Waals surface area contributed by atoms with Crippen molar-refractivity contribution < 1.29 is 19.1 Å².